The fourth-order valence-corrected chi connectivity index (χ4v) is 1.45. The molecule has 0 fully saturated rings. The molecule has 0 atom stereocenters. The summed E-state index contributed by atoms with van der Waals surface area (Å²) in [5, 5.41) is 6.10. The Morgan fingerprint density at radius 2 is 1.69 bits per heavy atom. The van der Waals surface area contributed by atoms with Crippen molar-refractivity contribution in [2.45, 2.75) is 0 Å². The molecule has 0 aliphatic carbocycles. The molecule has 0 saturated carbocycles. The third-order valence-corrected chi connectivity index (χ3v) is 2.20. The first-order valence-electron chi connectivity index (χ1n) is 4.27. The Kier molecular flexibility index (Phi) is 2.74. The topological polar surface area (TPSA) is 28.7 Å². The Hall–Kier alpha value is -1.69. The average Bonchev–Trinajstić information content (AvgIpc) is 2.23. The van der Waals surface area contributed by atoms with E-state index in [1.807, 2.05) is 0 Å². The van der Waals surface area contributed by atoms with Crippen LogP contribution >= 0.6 is 12.2 Å². The van der Waals surface area contributed by atoms with Gasteiger partial charge in [-0.15, -0.1) is 0 Å². The lowest BCUT2D eigenvalue weighted by Gasteiger charge is -2.03. The smallest absolute Gasteiger partial charge is 0.161 e. The van der Waals surface area contributed by atoms with Crippen molar-refractivity contribution in [3.05, 3.63) is 46.5 Å². The first-order chi connectivity index (χ1) is 7.58. The number of benzene rings is 1. The molecule has 2 aromatic rings. The number of aromatic amines is 1. The molecule has 1 heterocycles. The molecule has 0 bridgehead atoms. The van der Waals surface area contributed by atoms with Crippen LogP contribution in [0.25, 0.3) is 11.1 Å². The summed E-state index contributed by atoms with van der Waals surface area (Å²) >= 11 is 4.79. The number of H-pyrrole nitrogens is 1. The molecule has 2 rings (SSSR count). The highest BCUT2D eigenvalue weighted by molar-refractivity contribution is 7.71. The first-order valence-corrected chi connectivity index (χ1v) is 4.68. The lowest BCUT2D eigenvalue weighted by Crippen LogP contribution is -1.92. The van der Waals surface area contributed by atoms with Gasteiger partial charge in [-0.1, -0.05) is 12.2 Å². The zero-order chi connectivity index (χ0) is 11.7. The van der Waals surface area contributed by atoms with E-state index in [0.29, 0.717) is 11.6 Å². The van der Waals surface area contributed by atoms with E-state index >= 15 is 0 Å². The lowest BCUT2D eigenvalue weighted by atomic mass is 10.1. The van der Waals surface area contributed by atoms with E-state index in [2.05, 4.69) is 10.2 Å². The van der Waals surface area contributed by atoms with Crippen LogP contribution < -0.4 is 0 Å². The van der Waals surface area contributed by atoms with Crippen molar-refractivity contribution < 1.29 is 13.2 Å². The molecule has 16 heavy (non-hydrogen) atoms. The summed E-state index contributed by atoms with van der Waals surface area (Å²) in [5.41, 5.74) is 0.214. The van der Waals surface area contributed by atoms with Gasteiger partial charge in [0.15, 0.2) is 11.6 Å². The molecule has 1 N–H and O–H groups in total. The number of halogens is 3. The number of rotatable bonds is 1. The molecule has 0 unspecified atom stereocenters. The molecular weight excluding hydrogens is 237 g/mol. The summed E-state index contributed by atoms with van der Waals surface area (Å²) in [5.74, 6) is -3.20. The third kappa shape index (κ3) is 1.96. The van der Waals surface area contributed by atoms with Gasteiger partial charge in [-0.3, -0.25) is 5.10 Å². The predicted octanol–water partition coefficient (Wildman–Crippen LogP) is 3.22. The van der Waals surface area contributed by atoms with Crippen molar-refractivity contribution in [2.75, 3.05) is 0 Å². The van der Waals surface area contributed by atoms with Crippen LogP contribution in [-0.4, -0.2) is 10.2 Å². The Morgan fingerprint density at radius 1 is 1.00 bits per heavy atom. The van der Waals surface area contributed by atoms with Gasteiger partial charge in [0.1, 0.15) is 10.5 Å². The second-order valence-corrected chi connectivity index (χ2v) is 3.52. The minimum Gasteiger partial charge on any atom is -0.268 e. The number of aromatic nitrogens is 2. The minimum atomic E-state index is -1.23. The molecule has 0 radical (unpaired) electrons. The summed E-state index contributed by atoms with van der Waals surface area (Å²) in [6, 6.07) is 2.68. The molecular formula is C10H5F3N2S. The minimum absolute atomic E-state index is 0.0773. The van der Waals surface area contributed by atoms with Gasteiger partial charge in [0.2, 0.25) is 0 Å². The Morgan fingerprint density at radius 3 is 2.38 bits per heavy atom. The van der Waals surface area contributed by atoms with Crippen molar-refractivity contribution in [3.63, 3.8) is 0 Å². The molecule has 0 saturated heterocycles. The second-order valence-electron chi connectivity index (χ2n) is 3.08. The van der Waals surface area contributed by atoms with Crippen LogP contribution in [-0.2, 0) is 0 Å². The Bertz CT molecular complexity index is 595. The number of nitrogens with one attached hydrogen (secondary N) is 1. The Labute approximate surface area is 93.8 Å². The predicted molar refractivity (Wildman–Crippen MR) is 54.7 cm³/mol. The molecule has 6 heteroatoms. The van der Waals surface area contributed by atoms with Gasteiger partial charge in [-0.2, -0.15) is 5.10 Å². The van der Waals surface area contributed by atoms with Crippen LogP contribution in [0, 0.1) is 22.1 Å². The average molecular weight is 242 g/mol. The van der Waals surface area contributed by atoms with Crippen molar-refractivity contribution in [1.82, 2.24) is 10.2 Å². The highest BCUT2D eigenvalue weighted by Gasteiger charge is 2.11. The van der Waals surface area contributed by atoms with Crippen molar-refractivity contribution in [2.24, 2.45) is 0 Å². The fourth-order valence-electron chi connectivity index (χ4n) is 1.27. The van der Waals surface area contributed by atoms with Gasteiger partial charge in [-0.05, 0) is 12.1 Å². The molecule has 82 valence electrons. The molecule has 0 aliphatic heterocycles. The maximum atomic E-state index is 13.4. The van der Waals surface area contributed by atoms with Crippen molar-refractivity contribution >= 4 is 12.2 Å². The van der Waals surface area contributed by atoms with E-state index in [4.69, 9.17) is 12.2 Å². The van der Waals surface area contributed by atoms with E-state index in [9.17, 15) is 13.2 Å². The van der Waals surface area contributed by atoms with E-state index in [1.54, 1.807) is 0 Å². The summed E-state index contributed by atoms with van der Waals surface area (Å²) < 4.78 is 39.3. The van der Waals surface area contributed by atoms with Gasteiger partial charge in [0, 0.05) is 17.2 Å². The van der Waals surface area contributed by atoms with Gasteiger partial charge < -0.3 is 0 Å². The quantitative estimate of drug-likeness (QED) is 0.614. The summed E-state index contributed by atoms with van der Waals surface area (Å²) in [4.78, 5) is 0. The largest absolute Gasteiger partial charge is 0.268 e. The molecule has 0 aliphatic rings. The van der Waals surface area contributed by atoms with Crippen LogP contribution in [0.1, 0.15) is 0 Å². The normalized spacial score (nSPS) is 10.4. The van der Waals surface area contributed by atoms with Gasteiger partial charge >= 0.3 is 0 Å². The van der Waals surface area contributed by atoms with E-state index in [1.165, 1.54) is 12.3 Å². The summed E-state index contributed by atoms with van der Waals surface area (Å²) in [7, 11) is 0. The molecule has 2 nitrogen and oxygen atoms in total. The lowest BCUT2D eigenvalue weighted by molar-refractivity contribution is 0.496. The van der Waals surface area contributed by atoms with Gasteiger partial charge in [-0.25, -0.2) is 13.2 Å². The van der Waals surface area contributed by atoms with E-state index < -0.39 is 17.5 Å². The summed E-state index contributed by atoms with van der Waals surface area (Å²) in [6.07, 6.45) is 1.28. The number of nitrogens with zero attached hydrogens (tertiary/aromatic N) is 1. The van der Waals surface area contributed by atoms with Crippen LogP contribution in [0.2, 0.25) is 0 Å². The van der Waals surface area contributed by atoms with E-state index in [-0.39, 0.29) is 10.2 Å². The zero-order valence-electron chi connectivity index (χ0n) is 7.80. The standard InChI is InChI=1S/C10H5F3N2S/c11-7-3-9(13)8(12)2-6(7)5-1-10(16)15-14-4-5/h1-4H,(H,15,16). The first kappa shape index (κ1) is 10.8. The van der Waals surface area contributed by atoms with Crippen LogP contribution in [0.3, 0.4) is 0 Å². The highest BCUT2D eigenvalue weighted by atomic mass is 32.1. The SMILES string of the molecule is Fc1cc(F)c(-c2cn[nH]c(=S)c2)cc1F. The molecule has 1 aromatic heterocycles. The second kappa shape index (κ2) is 4.05. The zero-order valence-corrected chi connectivity index (χ0v) is 8.62. The molecule has 0 amide bonds. The summed E-state index contributed by atoms with van der Waals surface area (Å²) in [6.45, 7) is 0. The monoisotopic (exact) mass is 242 g/mol. The van der Waals surface area contributed by atoms with Crippen LogP contribution in [0.15, 0.2) is 24.4 Å². The van der Waals surface area contributed by atoms with E-state index in [0.717, 1.165) is 6.07 Å². The molecule has 1 aromatic carbocycles. The van der Waals surface area contributed by atoms with Gasteiger partial charge in [0.25, 0.3) is 0 Å². The van der Waals surface area contributed by atoms with Crippen molar-refractivity contribution in [1.29, 1.82) is 0 Å². The number of hydrogen-bond acceptors (Lipinski definition) is 2. The highest BCUT2D eigenvalue weighted by Crippen LogP contribution is 2.24. The fraction of sp³-hybridized carbons (Fsp3) is 0. The maximum Gasteiger partial charge on any atom is 0.161 e. The van der Waals surface area contributed by atoms with Crippen LogP contribution in [0.4, 0.5) is 13.2 Å². The third-order valence-electron chi connectivity index (χ3n) is 1.99. The van der Waals surface area contributed by atoms with Crippen LogP contribution in [0.5, 0.6) is 0 Å². The number of hydrogen-bond donors (Lipinski definition) is 1. The molecule has 0 spiro atoms. The van der Waals surface area contributed by atoms with Gasteiger partial charge in [0.05, 0.1) is 6.20 Å². The Balaban J connectivity index is 2.65. The van der Waals surface area contributed by atoms with Crippen molar-refractivity contribution in [3.8, 4) is 11.1 Å². The maximum absolute atomic E-state index is 13.4.